The molecule has 0 heterocycles. The van der Waals surface area contributed by atoms with Crippen LogP contribution in [0.4, 0.5) is 5.69 Å². The van der Waals surface area contributed by atoms with E-state index in [-0.39, 0.29) is 19.1 Å². The first-order valence-corrected chi connectivity index (χ1v) is 8.39. The average molecular weight is 347 g/mol. The molecule has 0 aliphatic carbocycles. The van der Waals surface area contributed by atoms with Crippen molar-refractivity contribution in [3.05, 3.63) is 64.7 Å². The van der Waals surface area contributed by atoms with Crippen molar-refractivity contribution in [3.63, 3.8) is 0 Å². The van der Waals surface area contributed by atoms with Gasteiger partial charge in [-0.1, -0.05) is 48.0 Å². The van der Waals surface area contributed by atoms with E-state index in [9.17, 15) is 9.90 Å². The van der Waals surface area contributed by atoms with Gasteiger partial charge in [-0.2, -0.15) is 0 Å². The van der Waals surface area contributed by atoms with Gasteiger partial charge in [0.05, 0.1) is 13.2 Å². The van der Waals surface area contributed by atoms with Crippen molar-refractivity contribution in [2.45, 2.75) is 13.3 Å². The third kappa shape index (κ3) is 5.96. The molecule has 0 aromatic heterocycles. The minimum atomic E-state index is -0.114. The lowest BCUT2D eigenvalue weighted by Crippen LogP contribution is -2.36. The summed E-state index contributed by atoms with van der Waals surface area (Å²) in [4.78, 5) is 14.2. The van der Waals surface area contributed by atoms with E-state index in [0.29, 0.717) is 23.8 Å². The number of benzene rings is 2. The van der Waals surface area contributed by atoms with Crippen molar-refractivity contribution < 1.29 is 9.90 Å². The lowest BCUT2D eigenvalue weighted by Gasteiger charge is -2.21. The topological polar surface area (TPSA) is 52.6 Å². The number of aliphatic hydroxyl groups is 1. The molecule has 0 saturated carbocycles. The monoisotopic (exact) mass is 346 g/mol. The van der Waals surface area contributed by atoms with Crippen LogP contribution in [0.25, 0.3) is 0 Å². The molecule has 0 fully saturated rings. The van der Waals surface area contributed by atoms with Gasteiger partial charge in [-0.15, -0.1) is 0 Å². The van der Waals surface area contributed by atoms with Crippen molar-refractivity contribution in [1.29, 1.82) is 0 Å². The van der Waals surface area contributed by atoms with Gasteiger partial charge in [-0.05, 0) is 36.6 Å². The fraction of sp³-hybridized carbons (Fsp3) is 0.316. The Balaban J connectivity index is 1.88. The number of nitrogens with zero attached hydrogens (tertiary/aromatic N) is 1. The minimum absolute atomic E-state index is 0.0262. The summed E-state index contributed by atoms with van der Waals surface area (Å²) in [5, 5.41) is 12.7. The number of aliphatic hydroxyl groups excluding tert-OH is 1. The number of carbonyl (C=O) groups excluding carboxylic acids is 1. The molecular formula is C19H23ClN2O2. The second kappa shape index (κ2) is 9.42. The average Bonchev–Trinajstić information content (AvgIpc) is 2.57. The van der Waals surface area contributed by atoms with Gasteiger partial charge >= 0.3 is 0 Å². The Morgan fingerprint density at radius 1 is 1.17 bits per heavy atom. The van der Waals surface area contributed by atoms with Crippen LogP contribution in [-0.2, 0) is 11.2 Å². The molecule has 0 spiro atoms. The van der Waals surface area contributed by atoms with Crippen LogP contribution >= 0.6 is 11.6 Å². The lowest BCUT2D eigenvalue weighted by atomic mass is 10.1. The highest BCUT2D eigenvalue weighted by Gasteiger charge is 2.11. The van der Waals surface area contributed by atoms with Crippen LogP contribution in [0.3, 0.4) is 0 Å². The van der Waals surface area contributed by atoms with E-state index in [2.05, 4.69) is 17.4 Å². The zero-order chi connectivity index (χ0) is 17.4. The summed E-state index contributed by atoms with van der Waals surface area (Å²) in [5.74, 6) is -0.114. The molecular weight excluding hydrogens is 324 g/mol. The van der Waals surface area contributed by atoms with Crippen molar-refractivity contribution in [2.24, 2.45) is 0 Å². The van der Waals surface area contributed by atoms with Crippen molar-refractivity contribution in [2.75, 3.05) is 31.6 Å². The molecule has 0 aliphatic rings. The number of halogens is 1. The number of hydrogen-bond acceptors (Lipinski definition) is 3. The number of nitrogens with one attached hydrogen (secondary N) is 1. The number of carbonyl (C=O) groups is 1. The van der Waals surface area contributed by atoms with Gasteiger partial charge < -0.3 is 10.4 Å². The summed E-state index contributed by atoms with van der Waals surface area (Å²) in [6.45, 7) is 3.36. The molecule has 128 valence electrons. The Morgan fingerprint density at radius 3 is 2.58 bits per heavy atom. The van der Waals surface area contributed by atoms with Gasteiger partial charge in [0, 0.05) is 23.8 Å². The Labute approximate surface area is 148 Å². The third-order valence-corrected chi connectivity index (χ3v) is 4.21. The Bertz CT molecular complexity index is 662. The van der Waals surface area contributed by atoms with E-state index in [1.165, 1.54) is 5.56 Å². The van der Waals surface area contributed by atoms with E-state index in [1.807, 2.05) is 42.2 Å². The molecule has 5 heteroatoms. The minimum Gasteiger partial charge on any atom is -0.395 e. The van der Waals surface area contributed by atoms with Crippen LogP contribution in [0, 0.1) is 6.92 Å². The van der Waals surface area contributed by atoms with Gasteiger partial charge in [0.15, 0.2) is 0 Å². The summed E-state index contributed by atoms with van der Waals surface area (Å²) in [5.41, 5.74) is 2.87. The molecule has 0 radical (unpaired) electrons. The predicted molar refractivity (Wildman–Crippen MR) is 98.5 cm³/mol. The molecule has 2 rings (SSSR count). The van der Waals surface area contributed by atoms with Gasteiger partial charge in [-0.3, -0.25) is 9.69 Å². The fourth-order valence-electron chi connectivity index (χ4n) is 2.42. The second-order valence-corrected chi connectivity index (χ2v) is 6.15. The number of aryl methyl sites for hydroxylation is 1. The first-order valence-electron chi connectivity index (χ1n) is 8.01. The quantitative estimate of drug-likeness (QED) is 0.772. The smallest absolute Gasteiger partial charge is 0.238 e. The van der Waals surface area contributed by atoms with Gasteiger partial charge in [0.1, 0.15) is 0 Å². The predicted octanol–water partition coefficient (Wildman–Crippen LogP) is 3.12. The Kier molecular flexibility index (Phi) is 7.25. The van der Waals surface area contributed by atoms with Crippen LogP contribution in [-0.4, -0.2) is 42.2 Å². The maximum Gasteiger partial charge on any atom is 0.238 e. The summed E-state index contributed by atoms with van der Waals surface area (Å²) in [6, 6.07) is 15.6. The maximum atomic E-state index is 12.2. The van der Waals surface area contributed by atoms with E-state index >= 15 is 0 Å². The molecule has 0 atom stereocenters. The highest BCUT2D eigenvalue weighted by Crippen LogP contribution is 2.19. The van der Waals surface area contributed by atoms with E-state index < -0.39 is 0 Å². The molecule has 2 N–H and O–H groups in total. The molecule has 2 aromatic rings. The summed E-state index contributed by atoms with van der Waals surface area (Å²) >= 11 is 6.08. The van der Waals surface area contributed by atoms with E-state index in [0.717, 1.165) is 12.0 Å². The second-order valence-electron chi connectivity index (χ2n) is 5.75. The molecule has 0 bridgehead atoms. The van der Waals surface area contributed by atoms with Crippen LogP contribution in [0.5, 0.6) is 0 Å². The van der Waals surface area contributed by atoms with Crippen molar-refractivity contribution in [1.82, 2.24) is 4.90 Å². The van der Waals surface area contributed by atoms with Gasteiger partial charge in [0.25, 0.3) is 0 Å². The molecule has 0 saturated heterocycles. The number of anilines is 1. The van der Waals surface area contributed by atoms with Crippen LogP contribution in [0.2, 0.25) is 5.02 Å². The fourth-order valence-corrected chi connectivity index (χ4v) is 2.60. The van der Waals surface area contributed by atoms with Crippen LogP contribution in [0.15, 0.2) is 48.5 Å². The highest BCUT2D eigenvalue weighted by molar-refractivity contribution is 6.31. The molecule has 0 unspecified atom stereocenters. The van der Waals surface area contributed by atoms with Crippen LogP contribution < -0.4 is 5.32 Å². The first kappa shape index (κ1) is 18.5. The zero-order valence-corrected chi connectivity index (χ0v) is 14.6. The normalized spacial score (nSPS) is 10.8. The van der Waals surface area contributed by atoms with E-state index in [1.54, 1.807) is 6.07 Å². The van der Waals surface area contributed by atoms with Gasteiger partial charge in [-0.25, -0.2) is 0 Å². The number of rotatable bonds is 8. The highest BCUT2D eigenvalue weighted by atomic mass is 35.5. The zero-order valence-electron chi connectivity index (χ0n) is 13.8. The molecule has 0 aliphatic heterocycles. The largest absolute Gasteiger partial charge is 0.395 e. The Morgan fingerprint density at radius 2 is 1.92 bits per heavy atom. The van der Waals surface area contributed by atoms with Crippen molar-refractivity contribution >= 4 is 23.2 Å². The van der Waals surface area contributed by atoms with Crippen LogP contribution in [0.1, 0.15) is 11.1 Å². The standard InChI is InChI=1S/C19H23ClN2O2/c1-15-7-8-17(13-18(15)20)21-19(24)14-22(11-12-23)10-9-16-5-3-2-4-6-16/h2-8,13,23H,9-12,14H2,1H3,(H,21,24). The maximum absolute atomic E-state index is 12.2. The van der Waals surface area contributed by atoms with Crippen molar-refractivity contribution in [3.8, 4) is 0 Å². The summed E-state index contributed by atoms with van der Waals surface area (Å²) in [6.07, 6.45) is 0.838. The molecule has 1 amide bonds. The summed E-state index contributed by atoms with van der Waals surface area (Å²) in [7, 11) is 0. The SMILES string of the molecule is Cc1ccc(NC(=O)CN(CCO)CCc2ccccc2)cc1Cl. The molecule has 24 heavy (non-hydrogen) atoms. The number of hydrogen-bond donors (Lipinski definition) is 2. The molecule has 4 nitrogen and oxygen atoms in total. The van der Waals surface area contributed by atoms with Gasteiger partial charge in [0.2, 0.25) is 5.91 Å². The summed E-state index contributed by atoms with van der Waals surface area (Å²) < 4.78 is 0. The Hall–Kier alpha value is -1.88. The molecule has 2 aromatic carbocycles. The number of amides is 1. The third-order valence-electron chi connectivity index (χ3n) is 3.80. The van der Waals surface area contributed by atoms with E-state index in [4.69, 9.17) is 11.6 Å². The lowest BCUT2D eigenvalue weighted by molar-refractivity contribution is -0.117. The first-order chi connectivity index (χ1) is 11.6.